The third-order valence-corrected chi connectivity index (χ3v) is 3.50. The maximum atomic E-state index is 13.9. The van der Waals surface area contributed by atoms with E-state index in [1.165, 1.54) is 6.07 Å². The van der Waals surface area contributed by atoms with Gasteiger partial charge < -0.3 is 10.8 Å². The van der Waals surface area contributed by atoms with Gasteiger partial charge in [-0.1, -0.05) is 25.1 Å². The number of nitrogens with zero attached hydrogens (tertiary/aromatic N) is 1. The monoisotopic (exact) mass is 254 g/mol. The van der Waals surface area contributed by atoms with Gasteiger partial charge >= 0.3 is 0 Å². The Labute approximate surface area is 108 Å². The molecule has 3 atom stereocenters. The fourth-order valence-electron chi connectivity index (χ4n) is 2.09. The normalized spacial score (nSPS) is 16.6. The molecule has 18 heavy (non-hydrogen) atoms. The molecule has 102 valence electrons. The summed E-state index contributed by atoms with van der Waals surface area (Å²) in [6.07, 6.45) is 0.751. The van der Waals surface area contributed by atoms with E-state index in [0.717, 1.165) is 6.42 Å². The van der Waals surface area contributed by atoms with E-state index in [1.54, 1.807) is 12.1 Å². The average Bonchev–Trinajstić information content (AvgIpc) is 2.39. The largest absolute Gasteiger partial charge is 0.395 e. The van der Waals surface area contributed by atoms with Crippen LogP contribution in [-0.4, -0.2) is 35.7 Å². The highest BCUT2D eigenvalue weighted by molar-refractivity contribution is 5.23. The van der Waals surface area contributed by atoms with Gasteiger partial charge in [0.05, 0.1) is 12.6 Å². The van der Waals surface area contributed by atoms with Crippen molar-refractivity contribution in [3.63, 3.8) is 0 Å². The lowest BCUT2D eigenvalue weighted by Crippen LogP contribution is -2.44. The molecular formula is C14H23FN2O. The molecule has 0 saturated heterocycles. The van der Waals surface area contributed by atoms with Crippen LogP contribution in [0.25, 0.3) is 0 Å². The molecule has 3 nitrogen and oxygen atoms in total. The van der Waals surface area contributed by atoms with Gasteiger partial charge in [-0.2, -0.15) is 0 Å². The predicted molar refractivity (Wildman–Crippen MR) is 71.7 cm³/mol. The molecule has 0 bridgehead atoms. The number of nitrogens with two attached hydrogens (primary N) is 1. The van der Waals surface area contributed by atoms with E-state index in [9.17, 15) is 9.50 Å². The Morgan fingerprint density at radius 2 is 2.00 bits per heavy atom. The molecule has 0 saturated carbocycles. The first-order chi connectivity index (χ1) is 8.52. The van der Waals surface area contributed by atoms with E-state index in [4.69, 9.17) is 5.73 Å². The van der Waals surface area contributed by atoms with Gasteiger partial charge in [-0.25, -0.2) is 4.39 Å². The molecule has 0 aliphatic carbocycles. The molecule has 0 aliphatic heterocycles. The second-order valence-corrected chi connectivity index (χ2v) is 4.74. The fourth-order valence-corrected chi connectivity index (χ4v) is 2.09. The SMILES string of the molecule is CCC(N)C(c1ccccc1F)N(C)C(C)CO. The summed E-state index contributed by atoms with van der Waals surface area (Å²) in [7, 11) is 1.87. The molecule has 0 spiro atoms. The zero-order valence-electron chi connectivity index (χ0n) is 11.3. The van der Waals surface area contributed by atoms with E-state index in [0.29, 0.717) is 5.56 Å². The Morgan fingerprint density at radius 1 is 1.39 bits per heavy atom. The van der Waals surface area contributed by atoms with Crippen LogP contribution in [0.2, 0.25) is 0 Å². The maximum Gasteiger partial charge on any atom is 0.128 e. The Hall–Kier alpha value is -0.970. The quantitative estimate of drug-likeness (QED) is 0.815. The highest BCUT2D eigenvalue weighted by atomic mass is 19.1. The molecule has 3 N–H and O–H groups in total. The summed E-state index contributed by atoms with van der Waals surface area (Å²) in [6, 6.07) is 6.23. The van der Waals surface area contributed by atoms with Crippen molar-refractivity contribution < 1.29 is 9.50 Å². The molecule has 4 heteroatoms. The van der Waals surface area contributed by atoms with Crippen LogP contribution in [0.5, 0.6) is 0 Å². The van der Waals surface area contributed by atoms with Crippen molar-refractivity contribution >= 4 is 0 Å². The molecule has 3 unspecified atom stereocenters. The number of aliphatic hydroxyl groups is 1. The van der Waals surface area contributed by atoms with Crippen molar-refractivity contribution in [3.8, 4) is 0 Å². The topological polar surface area (TPSA) is 49.5 Å². The summed E-state index contributed by atoms with van der Waals surface area (Å²) in [4.78, 5) is 1.94. The Kier molecular flexibility index (Phi) is 5.72. The third kappa shape index (κ3) is 3.28. The van der Waals surface area contributed by atoms with Gasteiger partial charge in [0.15, 0.2) is 0 Å². The third-order valence-electron chi connectivity index (χ3n) is 3.50. The van der Waals surface area contributed by atoms with Gasteiger partial charge in [0.25, 0.3) is 0 Å². The lowest BCUT2D eigenvalue weighted by atomic mass is 9.95. The molecule has 0 aromatic heterocycles. The summed E-state index contributed by atoms with van der Waals surface area (Å²) in [6.45, 7) is 3.91. The predicted octanol–water partition coefficient (Wildman–Crippen LogP) is 1.92. The van der Waals surface area contributed by atoms with Gasteiger partial charge in [0.1, 0.15) is 5.82 Å². The van der Waals surface area contributed by atoms with Gasteiger partial charge in [-0.05, 0) is 26.5 Å². The smallest absolute Gasteiger partial charge is 0.128 e. The van der Waals surface area contributed by atoms with Crippen LogP contribution < -0.4 is 5.73 Å². The van der Waals surface area contributed by atoms with Crippen LogP contribution in [-0.2, 0) is 0 Å². The first kappa shape index (κ1) is 15.1. The lowest BCUT2D eigenvalue weighted by molar-refractivity contribution is 0.104. The minimum absolute atomic E-state index is 0.0257. The summed E-state index contributed by atoms with van der Waals surface area (Å²) in [5.41, 5.74) is 6.71. The van der Waals surface area contributed by atoms with E-state index in [-0.39, 0.29) is 30.5 Å². The van der Waals surface area contributed by atoms with Gasteiger partial charge in [-0.3, -0.25) is 4.90 Å². The zero-order chi connectivity index (χ0) is 13.7. The van der Waals surface area contributed by atoms with E-state index in [1.807, 2.05) is 31.9 Å². The summed E-state index contributed by atoms with van der Waals surface area (Å²) in [5, 5.41) is 9.25. The van der Waals surface area contributed by atoms with Crippen LogP contribution in [0.3, 0.4) is 0 Å². The first-order valence-corrected chi connectivity index (χ1v) is 6.35. The molecule has 0 heterocycles. The highest BCUT2D eigenvalue weighted by Crippen LogP contribution is 2.27. The van der Waals surface area contributed by atoms with E-state index >= 15 is 0 Å². The van der Waals surface area contributed by atoms with Gasteiger partial charge in [-0.15, -0.1) is 0 Å². The van der Waals surface area contributed by atoms with E-state index in [2.05, 4.69) is 0 Å². The van der Waals surface area contributed by atoms with Crippen molar-refractivity contribution in [1.82, 2.24) is 4.90 Å². The molecular weight excluding hydrogens is 231 g/mol. The van der Waals surface area contributed by atoms with Crippen molar-refractivity contribution in [1.29, 1.82) is 0 Å². The number of aliphatic hydroxyl groups excluding tert-OH is 1. The van der Waals surface area contributed by atoms with Crippen LogP contribution in [0, 0.1) is 5.82 Å². The Bertz CT molecular complexity index is 373. The number of likely N-dealkylation sites (N-methyl/N-ethyl adjacent to an activating group) is 1. The second-order valence-electron chi connectivity index (χ2n) is 4.74. The lowest BCUT2D eigenvalue weighted by Gasteiger charge is -2.36. The van der Waals surface area contributed by atoms with Gasteiger partial charge in [0, 0.05) is 17.6 Å². The summed E-state index contributed by atoms with van der Waals surface area (Å²) < 4.78 is 13.9. The summed E-state index contributed by atoms with van der Waals surface area (Å²) in [5.74, 6) is -0.247. The molecule has 1 aromatic carbocycles. The van der Waals surface area contributed by atoms with Crippen LogP contribution >= 0.6 is 0 Å². The number of halogens is 1. The number of rotatable bonds is 6. The summed E-state index contributed by atoms with van der Waals surface area (Å²) >= 11 is 0. The Balaban J connectivity index is 3.10. The molecule has 0 radical (unpaired) electrons. The van der Waals surface area contributed by atoms with Crippen LogP contribution in [0.4, 0.5) is 4.39 Å². The number of benzene rings is 1. The minimum atomic E-state index is -0.247. The average molecular weight is 254 g/mol. The van der Waals surface area contributed by atoms with E-state index < -0.39 is 0 Å². The van der Waals surface area contributed by atoms with Crippen LogP contribution in [0.15, 0.2) is 24.3 Å². The first-order valence-electron chi connectivity index (χ1n) is 6.35. The highest BCUT2D eigenvalue weighted by Gasteiger charge is 2.28. The fraction of sp³-hybridized carbons (Fsp3) is 0.571. The van der Waals surface area contributed by atoms with Crippen molar-refractivity contribution in [3.05, 3.63) is 35.6 Å². The second kappa shape index (κ2) is 6.83. The molecule has 0 aliphatic rings. The molecule has 1 rings (SSSR count). The van der Waals surface area contributed by atoms with Crippen molar-refractivity contribution in [2.45, 2.75) is 38.4 Å². The molecule has 0 fully saturated rings. The van der Waals surface area contributed by atoms with Crippen LogP contribution in [0.1, 0.15) is 31.9 Å². The standard InChI is InChI=1S/C14H23FN2O/c1-4-13(16)14(17(3)10(2)9-18)11-7-5-6-8-12(11)15/h5-8,10,13-14,18H,4,9,16H2,1-3H3. The zero-order valence-corrected chi connectivity index (χ0v) is 11.3. The number of hydrogen-bond acceptors (Lipinski definition) is 3. The molecule has 0 amide bonds. The van der Waals surface area contributed by atoms with Crippen molar-refractivity contribution in [2.24, 2.45) is 5.73 Å². The molecule has 1 aromatic rings. The maximum absolute atomic E-state index is 13.9. The Morgan fingerprint density at radius 3 is 2.50 bits per heavy atom. The van der Waals surface area contributed by atoms with Crippen molar-refractivity contribution in [2.75, 3.05) is 13.7 Å². The minimum Gasteiger partial charge on any atom is -0.395 e. The van der Waals surface area contributed by atoms with Gasteiger partial charge in [0.2, 0.25) is 0 Å². The number of hydrogen-bond donors (Lipinski definition) is 2.